The summed E-state index contributed by atoms with van der Waals surface area (Å²) < 4.78 is 0. The van der Waals surface area contributed by atoms with Crippen LogP contribution in [-0.2, 0) is 4.79 Å². The smallest absolute Gasteiger partial charge is 0.163 e. The third-order valence-electron chi connectivity index (χ3n) is 2.95. The summed E-state index contributed by atoms with van der Waals surface area (Å²) in [5.41, 5.74) is 2.61. The summed E-state index contributed by atoms with van der Waals surface area (Å²) in [7, 11) is 0. The van der Waals surface area contributed by atoms with Crippen molar-refractivity contribution in [3.8, 4) is 0 Å². The van der Waals surface area contributed by atoms with E-state index in [0.29, 0.717) is 23.9 Å². The van der Waals surface area contributed by atoms with Gasteiger partial charge in [-0.1, -0.05) is 11.6 Å². The molecule has 1 N–H and O–H groups in total. The van der Waals surface area contributed by atoms with Crippen LogP contribution in [0.25, 0.3) is 0 Å². The second-order valence-electron chi connectivity index (χ2n) is 4.61. The first kappa shape index (κ1) is 13.8. The number of nitrogens with zero attached hydrogens (tertiary/aromatic N) is 3. The van der Waals surface area contributed by atoms with Crippen LogP contribution >= 0.6 is 11.6 Å². The maximum absolute atomic E-state index is 11.2. The minimum atomic E-state index is 0.483. The third-order valence-corrected chi connectivity index (χ3v) is 3.05. The van der Waals surface area contributed by atoms with Crippen LogP contribution in [0.1, 0.15) is 33.1 Å². The Morgan fingerprint density at radius 3 is 2.84 bits per heavy atom. The Bertz CT molecular complexity index is 489. The number of allylic oxidation sites excluding steroid dienone is 2. The molecule has 0 radical (unpaired) electrons. The highest BCUT2D eigenvalue weighted by molar-refractivity contribution is 6.56. The van der Waals surface area contributed by atoms with Gasteiger partial charge in [-0.05, 0) is 32.8 Å². The van der Waals surface area contributed by atoms with Gasteiger partial charge in [-0.25, -0.2) is 4.99 Å². The zero-order chi connectivity index (χ0) is 13.8. The van der Waals surface area contributed by atoms with Gasteiger partial charge in [0, 0.05) is 23.7 Å². The van der Waals surface area contributed by atoms with Crippen LogP contribution in [0.5, 0.6) is 0 Å². The normalized spacial score (nSPS) is 20.9. The fraction of sp³-hybridized carbons (Fsp3) is 0.462. The van der Waals surface area contributed by atoms with Crippen LogP contribution in [0.2, 0.25) is 0 Å². The second kappa shape index (κ2) is 6.02. The molecule has 5 nitrogen and oxygen atoms in total. The first-order chi connectivity index (χ1) is 9.19. The van der Waals surface area contributed by atoms with Crippen molar-refractivity contribution in [2.75, 3.05) is 0 Å². The van der Waals surface area contributed by atoms with Crippen molar-refractivity contribution in [3.05, 3.63) is 23.3 Å². The first-order valence-electron chi connectivity index (χ1n) is 6.27. The van der Waals surface area contributed by atoms with Crippen LogP contribution in [0.3, 0.4) is 0 Å². The van der Waals surface area contributed by atoms with Crippen molar-refractivity contribution in [2.45, 2.75) is 39.2 Å². The molecular formula is C13H17ClN4O. The summed E-state index contributed by atoms with van der Waals surface area (Å²) in [5, 5.41) is 9.49. The lowest BCUT2D eigenvalue weighted by Gasteiger charge is -2.28. The van der Waals surface area contributed by atoms with E-state index in [1.165, 1.54) is 0 Å². The molecule has 0 unspecified atom stereocenters. The monoisotopic (exact) mass is 280 g/mol. The van der Waals surface area contributed by atoms with Gasteiger partial charge in [-0.3, -0.25) is 4.79 Å². The molecule has 1 heterocycles. The van der Waals surface area contributed by atoms with Crippen molar-refractivity contribution < 1.29 is 4.79 Å². The fourth-order valence-corrected chi connectivity index (χ4v) is 1.99. The molecular weight excluding hydrogens is 264 g/mol. The molecule has 0 aromatic heterocycles. The van der Waals surface area contributed by atoms with Gasteiger partial charge in [-0.15, -0.1) is 0 Å². The van der Waals surface area contributed by atoms with Crippen molar-refractivity contribution >= 4 is 29.3 Å². The Balaban J connectivity index is 2.34. The molecule has 2 aliphatic rings. The molecule has 0 bridgehead atoms. The number of aliphatic imine (C=N–C) groups is 1. The zero-order valence-corrected chi connectivity index (χ0v) is 11.8. The molecule has 0 amide bonds. The lowest BCUT2D eigenvalue weighted by molar-refractivity contribution is -0.105. The molecule has 0 atom stereocenters. The van der Waals surface area contributed by atoms with Crippen LogP contribution < -0.4 is 5.32 Å². The standard InChI is InChI=1S/C13H17ClN4O/c1-3-12(16-11-4-5-11)18-13(15-8-14)10(7-19)6-9(2)17-18/h3,7-8,11,16H,4-6H2,1-2H3/b12-3-,15-8+. The average molecular weight is 281 g/mol. The minimum absolute atomic E-state index is 0.483. The lowest BCUT2D eigenvalue weighted by atomic mass is 10.1. The van der Waals surface area contributed by atoms with Crippen molar-refractivity contribution in [1.82, 2.24) is 10.3 Å². The number of hydrogen-bond acceptors (Lipinski definition) is 5. The van der Waals surface area contributed by atoms with Crippen LogP contribution in [0.15, 0.2) is 33.4 Å². The van der Waals surface area contributed by atoms with Gasteiger partial charge in [0.15, 0.2) is 5.82 Å². The highest BCUT2D eigenvalue weighted by Crippen LogP contribution is 2.27. The molecule has 2 rings (SSSR count). The molecule has 1 saturated carbocycles. The topological polar surface area (TPSA) is 57.1 Å². The molecule has 1 aliphatic carbocycles. The quantitative estimate of drug-likeness (QED) is 0.621. The van der Waals surface area contributed by atoms with Crippen LogP contribution in [0, 0.1) is 0 Å². The number of nitrogens with one attached hydrogen (secondary N) is 1. The van der Waals surface area contributed by atoms with Gasteiger partial charge in [0.2, 0.25) is 0 Å². The van der Waals surface area contributed by atoms with E-state index in [2.05, 4.69) is 15.4 Å². The Hall–Kier alpha value is -1.62. The number of hydrazone groups is 1. The summed E-state index contributed by atoms with van der Waals surface area (Å²) in [5.74, 6) is 1.31. The number of aldehydes is 1. The van der Waals surface area contributed by atoms with Crippen LogP contribution in [0.4, 0.5) is 0 Å². The Labute approximate surface area is 117 Å². The lowest BCUT2D eigenvalue weighted by Crippen LogP contribution is -2.32. The van der Waals surface area contributed by atoms with E-state index in [-0.39, 0.29) is 0 Å². The fourth-order valence-electron chi connectivity index (χ4n) is 1.89. The third kappa shape index (κ3) is 3.23. The molecule has 0 aromatic rings. The summed E-state index contributed by atoms with van der Waals surface area (Å²) in [6, 6.07) is 0.490. The second-order valence-corrected chi connectivity index (χ2v) is 4.80. The highest BCUT2D eigenvalue weighted by Gasteiger charge is 2.27. The molecule has 0 aromatic carbocycles. The maximum Gasteiger partial charge on any atom is 0.163 e. The van der Waals surface area contributed by atoms with Crippen molar-refractivity contribution in [2.24, 2.45) is 10.1 Å². The van der Waals surface area contributed by atoms with E-state index in [0.717, 1.165) is 36.3 Å². The van der Waals surface area contributed by atoms with Gasteiger partial charge in [0.05, 0.1) is 5.67 Å². The number of carbonyl (C=O) groups excluding carboxylic acids is 1. The Kier molecular flexibility index (Phi) is 4.37. The molecule has 6 heteroatoms. The van der Waals surface area contributed by atoms with Crippen LogP contribution in [-0.4, -0.2) is 28.7 Å². The number of carbonyl (C=O) groups is 1. The summed E-state index contributed by atoms with van der Waals surface area (Å²) in [6.07, 6.45) is 5.56. The number of halogens is 1. The van der Waals surface area contributed by atoms with Crippen molar-refractivity contribution in [3.63, 3.8) is 0 Å². The zero-order valence-electron chi connectivity index (χ0n) is 11.1. The average Bonchev–Trinajstić information content (AvgIpc) is 3.21. The summed E-state index contributed by atoms with van der Waals surface area (Å²) >= 11 is 5.57. The van der Waals surface area contributed by atoms with Gasteiger partial charge in [-0.2, -0.15) is 10.1 Å². The highest BCUT2D eigenvalue weighted by atomic mass is 35.5. The molecule has 0 spiro atoms. The minimum Gasteiger partial charge on any atom is -0.367 e. The summed E-state index contributed by atoms with van der Waals surface area (Å²) in [6.45, 7) is 3.81. The predicted octanol–water partition coefficient (Wildman–Crippen LogP) is 2.36. The van der Waals surface area contributed by atoms with E-state index in [1.807, 2.05) is 19.9 Å². The first-order valence-corrected chi connectivity index (χ1v) is 6.71. The SMILES string of the molecule is C/C=C(/NC1CC1)N1N=C(C)CC(C=O)=C1/N=C/Cl. The van der Waals surface area contributed by atoms with E-state index >= 15 is 0 Å². The Morgan fingerprint density at radius 2 is 2.32 bits per heavy atom. The van der Waals surface area contributed by atoms with E-state index in [9.17, 15) is 4.79 Å². The van der Waals surface area contributed by atoms with E-state index in [4.69, 9.17) is 11.6 Å². The summed E-state index contributed by atoms with van der Waals surface area (Å²) in [4.78, 5) is 15.3. The van der Waals surface area contributed by atoms with Gasteiger partial charge < -0.3 is 5.32 Å². The predicted molar refractivity (Wildman–Crippen MR) is 76.9 cm³/mol. The van der Waals surface area contributed by atoms with Gasteiger partial charge in [0.1, 0.15) is 12.1 Å². The molecule has 19 heavy (non-hydrogen) atoms. The molecule has 1 aliphatic heterocycles. The molecule has 0 saturated heterocycles. The van der Waals surface area contributed by atoms with E-state index < -0.39 is 0 Å². The van der Waals surface area contributed by atoms with Gasteiger partial charge in [0.25, 0.3) is 0 Å². The Morgan fingerprint density at radius 1 is 1.58 bits per heavy atom. The largest absolute Gasteiger partial charge is 0.367 e. The number of rotatable bonds is 5. The number of hydrogen-bond donors (Lipinski definition) is 1. The van der Waals surface area contributed by atoms with E-state index in [1.54, 1.807) is 5.01 Å². The van der Waals surface area contributed by atoms with Gasteiger partial charge >= 0.3 is 0 Å². The van der Waals surface area contributed by atoms with Crippen molar-refractivity contribution in [1.29, 1.82) is 0 Å². The maximum atomic E-state index is 11.2. The molecule has 102 valence electrons. The molecule has 1 fully saturated rings.